The summed E-state index contributed by atoms with van der Waals surface area (Å²) >= 11 is 0. The fourth-order valence-corrected chi connectivity index (χ4v) is 1.29. The largest absolute Gasteiger partial charge is 0.394 e. The van der Waals surface area contributed by atoms with Gasteiger partial charge in [0.1, 0.15) is 18.3 Å². The lowest BCUT2D eigenvalue weighted by atomic mass is 10.1. The normalized spacial score (nSPS) is 36.2. The van der Waals surface area contributed by atoms with Crippen molar-refractivity contribution < 1.29 is 19.7 Å². The summed E-state index contributed by atoms with van der Waals surface area (Å²) in [4.78, 5) is 0. The Balaban J connectivity index is 2.38. The van der Waals surface area contributed by atoms with Gasteiger partial charge >= 0.3 is 0 Å². The molecule has 0 bridgehead atoms. The van der Waals surface area contributed by atoms with Crippen LogP contribution in [0.4, 0.5) is 0 Å². The average molecular weight is 176 g/mol. The van der Waals surface area contributed by atoms with E-state index in [2.05, 4.69) is 0 Å². The van der Waals surface area contributed by atoms with Crippen LogP contribution >= 0.6 is 0 Å². The fraction of sp³-hybridized carbons (Fsp3) is 1.00. The maximum atomic E-state index is 9.49. The van der Waals surface area contributed by atoms with Crippen molar-refractivity contribution in [3.63, 3.8) is 0 Å². The Morgan fingerprint density at radius 3 is 2.67 bits per heavy atom. The van der Waals surface area contributed by atoms with Gasteiger partial charge in [-0.05, 0) is 13.8 Å². The number of hydrogen-bond donors (Lipinski definition) is 2. The minimum absolute atomic E-state index is 0.0747. The van der Waals surface area contributed by atoms with Gasteiger partial charge in [-0.15, -0.1) is 0 Å². The van der Waals surface area contributed by atoms with E-state index in [1.54, 1.807) is 0 Å². The van der Waals surface area contributed by atoms with E-state index in [1.807, 2.05) is 13.8 Å². The topological polar surface area (TPSA) is 58.9 Å². The highest BCUT2D eigenvalue weighted by Gasteiger charge is 2.36. The molecule has 0 aliphatic carbocycles. The van der Waals surface area contributed by atoms with Crippen LogP contribution in [0.5, 0.6) is 0 Å². The monoisotopic (exact) mass is 176 g/mol. The summed E-state index contributed by atoms with van der Waals surface area (Å²) < 4.78 is 10.5. The summed E-state index contributed by atoms with van der Waals surface area (Å²) in [5.74, 6) is 0. The summed E-state index contributed by atoms with van der Waals surface area (Å²) in [6, 6.07) is 0. The molecule has 4 heteroatoms. The minimum Gasteiger partial charge on any atom is -0.394 e. The predicted octanol–water partition coefficient (Wildman–Crippen LogP) is -0.468. The summed E-state index contributed by atoms with van der Waals surface area (Å²) in [6.45, 7) is 4.02. The van der Waals surface area contributed by atoms with Crippen molar-refractivity contribution in [3.8, 4) is 0 Å². The predicted molar refractivity (Wildman–Crippen MR) is 42.8 cm³/mol. The quantitative estimate of drug-likeness (QED) is 0.610. The first kappa shape index (κ1) is 9.92. The van der Waals surface area contributed by atoms with Gasteiger partial charge < -0.3 is 19.7 Å². The second-order valence-electron chi connectivity index (χ2n) is 3.27. The molecule has 1 heterocycles. The van der Waals surface area contributed by atoms with E-state index >= 15 is 0 Å². The molecule has 3 atom stereocenters. The molecule has 1 rings (SSSR count). The first-order valence-corrected chi connectivity index (χ1v) is 4.21. The lowest BCUT2D eigenvalue weighted by molar-refractivity contribution is -0.0505. The fourth-order valence-electron chi connectivity index (χ4n) is 1.29. The zero-order valence-electron chi connectivity index (χ0n) is 7.43. The van der Waals surface area contributed by atoms with E-state index in [9.17, 15) is 5.11 Å². The molecule has 1 aliphatic heterocycles. The molecule has 4 nitrogen and oxygen atoms in total. The smallest absolute Gasteiger partial charge is 0.111 e. The molecular formula is C8H16O4. The molecule has 0 aromatic carbocycles. The Morgan fingerprint density at radius 2 is 2.25 bits per heavy atom. The van der Waals surface area contributed by atoms with E-state index in [1.165, 1.54) is 0 Å². The van der Waals surface area contributed by atoms with Crippen molar-refractivity contribution in [1.82, 2.24) is 0 Å². The van der Waals surface area contributed by atoms with E-state index in [0.717, 1.165) is 0 Å². The van der Waals surface area contributed by atoms with Crippen molar-refractivity contribution >= 4 is 0 Å². The van der Waals surface area contributed by atoms with E-state index < -0.39 is 12.2 Å². The maximum Gasteiger partial charge on any atom is 0.111 e. The van der Waals surface area contributed by atoms with Crippen LogP contribution in [0.2, 0.25) is 0 Å². The van der Waals surface area contributed by atoms with Crippen LogP contribution < -0.4 is 0 Å². The van der Waals surface area contributed by atoms with E-state index in [0.29, 0.717) is 6.61 Å². The molecule has 0 radical (unpaired) electrons. The summed E-state index contributed by atoms with van der Waals surface area (Å²) in [5, 5.41) is 18.2. The number of aliphatic hydroxyl groups excluding tert-OH is 2. The first-order valence-electron chi connectivity index (χ1n) is 4.21. The Kier molecular flexibility index (Phi) is 3.46. The maximum absolute atomic E-state index is 9.49. The van der Waals surface area contributed by atoms with Crippen LogP contribution in [-0.4, -0.2) is 47.8 Å². The second kappa shape index (κ2) is 4.18. The lowest BCUT2D eigenvalue weighted by Gasteiger charge is -2.18. The van der Waals surface area contributed by atoms with Crippen LogP contribution in [0.25, 0.3) is 0 Å². The Labute approximate surface area is 72.1 Å². The molecule has 0 aromatic heterocycles. The molecular weight excluding hydrogens is 160 g/mol. The van der Waals surface area contributed by atoms with Gasteiger partial charge in [-0.2, -0.15) is 0 Å². The molecule has 2 unspecified atom stereocenters. The van der Waals surface area contributed by atoms with Crippen molar-refractivity contribution in [2.75, 3.05) is 13.2 Å². The molecule has 0 amide bonds. The molecule has 72 valence electrons. The summed E-state index contributed by atoms with van der Waals surface area (Å²) in [6.07, 6.45) is -1.39. The van der Waals surface area contributed by atoms with Crippen molar-refractivity contribution in [1.29, 1.82) is 0 Å². The van der Waals surface area contributed by atoms with Crippen molar-refractivity contribution in [2.24, 2.45) is 0 Å². The molecule has 12 heavy (non-hydrogen) atoms. The Hall–Kier alpha value is -0.160. The number of ether oxygens (including phenoxy) is 2. The van der Waals surface area contributed by atoms with Gasteiger partial charge in [-0.25, -0.2) is 0 Å². The first-order chi connectivity index (χ1) is 5.65. The molecule has 2 N–H and O–H groups in total. The molecule has 1 fully saturated rings. The lowest BCUT2D eigenvalue weighted by Crippen LogP contribution is -2.35. The standard InChI is InChI=1S/C8H16O4/c1-5(2)12-7-4-11-6(3-9)8(7)10/h5-10H,3-4H2,1-2H3/t6-,7?,8?/m0/s1. The van der Waals surface area contributed by atoms with Gasteiger partial charge in [0, 0.05) is 0 Å². The molecule has 0 spiro atoms. The van der Waals surface area contributed by atoms with Gasteiger partial charge in [0.05, 0.1) is 19.3 Å². The molecule has 0 aromatic rings. The van der Waals surface area contributed by atoms with Crippen LogP contribution in [-0.2, 0) is 9.47 Å². The molecule has 1 saturated heterocycles. The minimum atomic E-state index is -0.697. The van der Waals surface area contributed by atoms with Gasteiger partial charge in [-0.1, -0.05) is 0 Å². The SMILES string of the molecule is CC(C)OC1CO[C@@H](CO)C1O. The van der Waals surface area contributed by atoms with Gasteiger partial charge in [0.25, 0.3) is 0 Å². The summed E-state index contributed by atoms with van der Waals surface area (Å²) in [5.41, 5.74) is 0. The van der Waals surface area contributed by atoms with Crippen LogP contribution in [0.1, 0.15) is 13.8 Å². The third-order valence-electron chi connectivity index (χ3n) is 1.86. The summed E-state index contributed by atoms with van der Waals surface area (Å²) in [7, 11) is 0. The van der Waals surface area contributed by atoms with Crippen LogP contribution in [0, 0.1) is 0 Å². The Morgan fingerprint density at radius 1 is 1.58 bits per heavy atom. The van der Waals surface area contributed by atoms with Gasteiger partial charge in [-0.3, -0.25) is 0 Å². The van der Waals surface area contributed by atoms with Crippen LogP contribution in [0.15, 0.2) is 0 Å². The third kappa shape index (κ3) is 2.17. The zero-order chi connectivity index (χ0) is 9.14. The van der Waals surface area contributed by atoms with Crippen molar-refractivity contribution in [3.05, 3.63) is 0 Å². The highest BCUT2D eigenvalue weighted by atomic mass is 16.6. The Bertz CT molecular complexity index is 137. The molecule has 1 aliphatic rings. The van der Waals surface area contributed by atoms with E-state index in [-0.39, 0.29) is 18.8 Å². The number of aliphatic hydroxyl groups is 2. The average Bonchev–Trinajstić information content (AvgIpc) is 2.32. The third-order valence-corrected chi connectivity index (χ3v) is 1.86. The zero-order valence-corrected chi connectivity index (χ0v) is 7.43. The van der Waals surface area contributed by atoms with Gasteiger partial charge in [0.2, 0.25) is 0 Å². The van der Waals surface area contributed by atoms with Crippen LogP contribution in [0.3, 0.4) is 0 Å². The second-order valence-corrected chi connectivity index (χ2v) is 3.27. The highest BCUT2D eigenvalue weighted by Crippen LogP contribution is 2.17. The molecule has 0 saturated carbocycles. The number of rotatable bonds is 3. The van der Waals surface area contributed by atoms with Gasteiger partial charge in [0.15, 0.2) is 0 Å². The highest BCUT2D eigenvalue weighted by molar-refractivity contribution is 4.84. The number of hydrogen-bond acceptors (Lipinski definition) is 4. The van der Waals surface area contributed by atoms with Crippen molar-refractivity contribution in [2.45, 2.75) is 38.3 Å². The van der Waals surface area contributed by atoms with E-state index in [4.69, 9.17) is 14.6 Å².